The maximum Gasteiger partial charge on any atom is 0.289 e. The smallest absolute Gasteiger partial charge is 0.289 e. The molecule has 3 aromatic rings. The molecule has 5 heteroatoms. The monoisotopic (exact) mass is 472 g/mol. The maximum atomic E-state index is 13.2. The topological polar surface area (TPSA) is 45.9 Å². The molecule has 1 amide bonds. The van der Waals surface area contributed by atoms with Gasteiger partial charge in [0.05, 0.1) is 13.4 Å². The number of likely N-dealkylation sites (tertiary alicyclic amines) is 1. The van der Waals surface area contributed by atoms with Gasteiger partial charge in [-0.05, 0) is 98.5 Å². The van der Waals surface area contributed by atoms with Crippen LogP contribution in [0.15, 0.2) is 71.3 Å². The number of aryl methyl sites for hydroxylation is 1. The minimum absolute atomic E-state index is 0.0470. The van der Waals surface area contributed by atoms with E-state index in [0.717, 1.165) is 44.5 Å². The second-order valence-corrected chi connectivity index (χ2v) is 10.1. The first-order chi connectivity index (χ1) is 17.1. The Hall–Kier alpha value is -3.05. The van der Waals surface area contributed by atoms with Crippen LogP contribution in [0.25, 0.3) is 0 Å². The molecular formula is C30H36N2O3. The summed E-state index contributed by atoms with van der Waals surface area (Å²) in [6.07, 6.45) is 8.15. The van der Waals surface area contributed by atoms with Gasteiger partial charge in [-0.2, -0.15) is 0 Å². The number of hydrogen-bond donors (Lipinski definition) is 0. The number of methoxy groups -OCH3 is 1. The highest BCUT2D eigenvalue weighted by atomic mass is 16.5. The van der Waals surface area contributed by atoms with Gasteiger partial charge in [0.2, 0.25) is 0 Å². The number of carbonyl (C=O) groups excluding carboxylic acids is 1. The Morgan fingerprint density at radius 3 is 2.60 bits per heavy atom. The van der Waals surface area contributed by atoms with Crippen LogP contribution in [-0.2, 0) is 19.3 Å². The summed E-state index contributed by atoms with van der Waals surface area (Å²) in [7, 11) is 3.63. The SMILES string of the molecule is COc1cccc(CC(C2CCN(C3CCc4ccccc4C3)CC2)N(C)C(=O)c2ccco2)c1. The molecule has 0 spiro atoms. The first-order valence-electron chi connectivity index (χ1n) is 12.9. The van der Waals surface area contributed by atoms with Crippen molar-refractivity contribution in [3.63, 3.8) is 0 Å². The Labute approximate surface area is 208 Å². The number of nitrogens with zero attached hydrogens (tertiary/aromatic N) is 2. The van der Waals surface area contributed by atoms with Crippen molar-refractivity contribution < 1.29 is 13.9 Å². The third-order valence-corrected chi connectivity index (χ3v) is 8.08. The normalized spacial score (nSPS) is 19.7. The molecule has 2 unspecified atom stereocenters. The lowest BCUT2D eigenvalue weighted by atomic mass is 9.82. The Kier molecular flexibility index (Phi) is 7.24. The highest BCUT2D eigenvalue weighted by Gasteiger charge is 2.35. The number of piperidine rings is 1. The van der Waals surface area contributed by atoms with Crippen molar-refractivity contribution in [1.82, 2.24) is 9.80 Å². The van der Waals surface area contributed by atoms with E-state index in [1.54, 1.807) is 25.5 Å². The molecule has 0 N–H and O–H groups in total. The number of carbonyl (C=O) groups is 1. The van der Waals surface area contributed by atoms with E-state index in [2.05, 4.69) is 41.3 Å². The van der Waals surface area contributed by atoms with Gasteiger partial charge in [0.15, 0.2) is 5.76 Å². The number of likely N-dealkylation sites (N-methyl/N-ethyl adjacent to an activating group) is 1. The Morgan fingerprint density at radius 1 is 1.06 bits per heavy atom. The molecule has 35 heavy (non-hydrogen) atoms. The molecule has 2 atom stereocenters. The fraction of sp³-hybridized carbons (Fsp3) is 0.433. The molecule has 2 aromatic carbocycles. The average Bonchev–Trinajstić information content (AvgIpc) is 3.46. The molecule has 1 saturated heterocycles. The molecule has 5 nitrogen and oxygen atoms in total. The molecule has 2 heterocycles. The zero-order valence-corrected chi connectivity index (χ0v) is 20.9. The van der Waals surface area contributed by atoms with Gasteiger partial charge in [-0.15, -0.1) is 0 Å². The van der Waals surface area contributed by atoms with Crippen LogP contribution in [0, 0.1) is 5.92 Å². The van der Waals surface area contributed by atoms with Crippen LogP contribution in [0.2, 0.25) is 0 Å². The Balaban J connectivity index is 1.29. The van der Waals surface area contributed by atoms with Crippen molar-refractivity contribution in [2.24, 2.45) is 5.92 Å². The van der Waals surface area contributed by atoms with E-state index in [1.807, 2.05) is 24.1 Å². The summed E-state index contributed by atoms with van der Waals surface area (Å²) < 4.78 is 10.9. The molecule has 184 valence electrons. The minimum atomic E-state index is -0.0470. The van der Waals surface area contributed by atoms with Gasteiger partial charge in [0.1, 0.15) is 5.75 Å². The fourth-order valence-corrected chi connectivity index (χ4v) is 6.04. The third-order valence-electron chi connectivity index (χ3n) is 8.08. The first-order valence-corrected chi connectivity index (χ1v) is 12.9. The molecule has 5 rings (SSSR count). The lowest BCUT2D eigenvalue weighted by Gasteiger charge is -2.43. The summed E-state index contributed by atoms with van der Waals surface area (Å²) in [4.78, 5) is 17.8. The lowest BCUT2D eigenvalue weighted by molar-refractivity contribution is 0.0506. The molecule has 2 aliphatic rings. The van der Waals surface area contributed by atoms with E-state index >= 15 is 0 Å². The van der Waals surface area contributed by atoms with Crippen LogP contribution in [0.1, 0.15) is 46.5 Å². The molecule has 1 fully saturated rings. The van der Waals surface area contributed by atoms with E-state index in [-0.39, 0.29) is 11.9 Å². The van der Waals surface area contributed by atoms with Gasteiger partial charge in [0.25, 0.3) is 5.91 Å². The summed E-state index contributed by atoms with van der Waals surface area (Å²) in [6, 6.07) is 21.4. The third kappa shape index (κ3) is 5.30. The first kappa shape index (κ1) is 23.7. The molecule has 1 aliphatic carbocycles. The maximum absolute atomic E-state index is 13.2. The van der Waals surface area contributed by atoms with Crippen LogP contribution in [0.4, 0.5) is 0 Å². The fourth-order valence-electron chi connectivity index (χ4n) is 6.04. The van der Waals surface area contributed by atoms with Crippen molar-refractivity contribution in [2.75, 3.05) is 27.2 Å². The number of benzene rings is 2. The predicted molar refractivity (Wildman–Crippen MR) is 138 cm³/mol. The van der Waals surface area contributed by atoms with Crippen LogP contribution in [0.3, 0.4) is 0 Å². The van der Waals surface area contributed by atoms with E-state index in [9.17, 15) is 4.79 Å². The predicted octanol–water partition coefficient (Wildman–Crippen LogP) is 5.24. The molecule has 0 radical (unpaired) electrons. The molecule has 0 bridgehead atoms. The van der Waals surface area contributed by atoms with Gasteiger partial charge in [-0.25, -0.2) is 0 Å². The van der Waals surface area contributed by atoms with E-state index in [0.29, 0.717) is 17.7 Å². The quantitative estimate of drug-likeness (QED) is 0.472. The van der Waals surface area contributed by atoms with Crippen molar-refractivity contribution >= 4 is 5.91 Å². The van der Waals surface area contributed by atoms with Gasteiger partial charge in [0, 0.05) is 19.1 Å². The Bertz CT molecular complexity index is 1120. The van der Waals surface area contributed by atoms with E-state index in [1.165, 1.54) is 29.5 Å². The average molecular weight is 473 g/mol. The largest absolute Gasteiger partial charge is 0.497 e. The molecule has 1 aromatic heterocycles. The summed E-state index contributed by atoms with van der Waals surface area (Å²) in [5.41, 5.74) is 4.24. The van der Waals surface area contributed by atoms with Crippen LogP contribution < -0.4 is 4.74 Å². The van der Waals surface area contributed by atoms with Crippen molar-refractivity contribution in [2.45, 2.75) is 50.6 Å². The zero-order chi connectivity index (χ0) is 24.2. The van der Waals surface area contributed by atoms with Crippen molar-refractivity contribution in [1.29, 1.82) is 0 Å². The zero-order valence-electron chi connectivity index (χ0n) is 20.9. The second-order valence-electron chi connectivity index (χ2n) is 10.1. The van der Waals surface area contributed by atoms with Gasteiger partial charge < -0.3 is 19.0 Å². The lowest BCUT2D eigenvalue weighted by Crippen LogP contribution is -2.50. The highest BCUT2D eigenvalue weighted by molar-refractivity contribution is 5.91. The summed E-state index contributed by atoms with van der Waals surface area (Å²) >= 11 is 0. The van der Waals surface area contributed by atoms with Gasteiger partial charge in [-0.3, -0.25) is 4.79 Å². The number of amides is 1. The summed E-state index contributed by atoms with van der Waals surface area (Å²) in [5.74, 6) is 1.65. The molecule has 0 saturated carbocycles. The van der Waals surface area contributed by atoms with Gasteiger partial charge >= 0.3 is 0 Å². The van der Waals surface area contributed by atoms with Crippen LogP contribution >= 0.6 is 0 Å². The Morgan fingerprint density at radius 2 is 1.86 bits per heavy atom. The van der Waals surface area contributed by atoms with Gasteiger partial charge in [-0.1, -0.05) is 36.4 Å². The standard InChI is InChI=1S/C30H36N2O3/c1-31(30(33)29-11-6-18-35-29)28(20-22-7-5-10-27(19-22)34-2)24-14-16-32(17-15-24)26-13-12-23-8-3-4-9-25(23)21-26/h3-11,18-19,24,26,28H,12-17,20-21H2,1-2H3. The number of fused-ring (bicyclic) bond motifs is 1. The van der Waals surface area contributed by atoms with E-state index < -0.39 is 0 Å². The van der Waals surface area contributed by atoms with E-state index in [4.69, 9.17) is 9.15 Å². The summed E-state index contributed by atoms with van der Waals surface area (Å²) in [5, 5.41) is 0. The van der Waals surface area contributed by atoms with Crippen molar-refractivity contribution in [3.05, 3.63) is 89.4 Å². The van der Waals surface area contributed by atoms with Crippen LogP contribution in [-0.4, -0.2) is 55.0 Å². The van der Waals surface area contributed by atoms with Crippen LogP contribution in [0.5, 0.6) is 5.75 Å². The van der Waals surface area contributed by atoms with Crippen molar-refractivity contribution in [3.8, 4) is 5.75 Å². The number of furan rings is 1. The summed E-state index contributed by atoms with van der Waals surface area (Å²) in [6.45, 7) is 2.18. The highest BCUT2D eigenvalue weighted by Crippen LogP contribution is 2.32. The second kappa shape index (κ2) is 10.7. The number of hydrogen-bond acceptors (Lipinski definition) is 4. The molecule has 1 aliphatic heterocycles. The number of ether oxygens (including phenoxy) is 1. The number of rotatable bonds is 7. The minimum Gasteiger partial charge on any atom is -0.497 e. The molecular weight excluding hydrogens is 436 g/mol.